The van der Waals surface area contributed by atoms with Crippen molar-refractivity contribution in [3.05, 3.63) is 0 Å². The van der Waals surface area contributed by atoms with Crippen molar-refractivity contribution in [1.29, 1.82) is 0 Å². The van der Waals surface area contributed by atoms with E-state index in [2.05, 4.69) is 13.8 Å². The fourth-order valence-corrected chi connectivity index (χ4v) is 9.18. The summed E-state index contributed by atoms with van der Waals surface area (Å²) in [5.74, 6) is 3.66. The summed E-state index contributed by atoms with van der Waals surface area (Å²) in [5.41, 5.74) is -1.61. The first-order valence-electron chi connectivity index (χ1n) is 12.8. The predicted molar refractivity (Wildman–Crippen MR) is 118 cm³/mol. The minimum absolute atomic E-state index is 0.122. The van der Waals surface area contributed by atoms with E-state index >= 15 is 0 Å². The molecule has 0 radical (unpaired) electrons. The van der Waals surface area contributed by atoms with Gasteiger partial charge in [-0.2, -0.15) is 13.2 Å². The normalized spacial score (nSPS) is 46.1. The van der Waals surface area contributed by atoms with Gasteiger partial charge in [0.1, 0.15) is 0 Å². The summed E-state index contributed by atoms with van der Waals surface area (Å²) in [6.07, 6.45) is 3.72. The van der Waals surface area contributed by atoms with Gasteiger partial charge in [-0.05, 0) is 105 Å². The first kappa shape index (κ1) is 24.8. The number of methoxy groups -OCH3 is 3. The number of hydrogen-bond acceptors (Lipinski definition) is 3. The van der Waals surface area contributed by atoms with Crippen LogP contribution < -0.4 is 0 Å². The average molecular weight is 461 g/mol. The van der Waals surface area contributed by atoms with Gasteiger partial charge >= 0.3 is 6.18 Å². The fourth-order valence-electron chi connectivity index (χ4n) is 9.18. The molecule has 0 heterocycles. The Morgan fingerprint density at radius 3 is 2.25 bits per heavy atom. The van der Waals surface area contributed by atoms with Gasteiger partial charge in [0.15, 0.2) is 5.60 Å². The van der Waals surface area contributed by atoms with E-state index < -0.39 is 11.8 Å². The number of alkyl halides is 3. The highest BCUT2D eigenvalue weighted by Gasteiger charge is 2.63. The quantitative estimate of drug-likeness (QED) is 0.453. The zero-order chi connectivity index (χ0) is 23.3. The molecule has 0 unspecified atom stereocenters. The summed E-state index contributed by atoms with van der Waals surface area (Å²) in [7, 11) is 4.78. The summed E-state index contributed by atoms with van der Waals surface area (Å²) in [6, 6.07) is 0. The predicted octanol–water partition coefficient (Wildman–Crippen LogP) is 6.50. The van der Waals surface area contributed by atoms with Gasteiger partial charge in [-0.25, -0.2) is 0 Å². The maximum absolute atomic E-state index is 13.8. The molecule has 6 heteroatoms. The van der Waals surface area contributed by atoms with Crippen molar-refractivity contribution in [2.75, 3.05) is 27.9 Å². The molecule has 10 atom stereocenters. The van der Waals surface area contributed by atoms with Gasteiger partial charge in [-0.1, -0.05) is 13.8 Å². The Bertz CT molecular complexity index is 655. The lowest BCUT2D eigenvalue weighted by Gasteiger charge is -2.58. The molecule has 0 aliphatic heterocycles. The van der Waals surface area contributed by atoms with Crippen LogP contribution in [0.15, 0.2) is 0 Å². The molecule has 0 N–H and O–H groups in total. The van der Waals surface area contributed by atoms with Gasteiger partial charge in [0, 0.05) is 21.3 Å². The summed E-state index contributed by atoms with van der Waals surface area (Å²) in [5, 5.41) is 0. The van der Waals surface area contributed by atoms with Crippen LogP contribution in [-0.2, 0) is 14.2 Å². The van der Waals surface area contributed by atoms with Crippen LogP contribution in [0.5, 0.6) is 0 Å². The summed E-state index contributed by atoms with van der Waals surface area (Å²) < 4.78 is 57.9. The summed E-state index contributed by atoms with van der Waals surface area (Å²) in [6.45, 7) is 5.47. The van der Waals surface area contributed by atoms with Crippen LogP contribution in [0.4, 0.5) is 13.2 Å². The van der Waals surface area contributed by atoms with Crippen LogP contribution in [0.1, 0.15) is 71.6 Å². The zero-order valence-electron chi connectivity index (χ0n) is 20.5. The Morgan fingerprint density at radius 1 is 0.906 bits per heavy atom. The third-order valence-corrected chi connectivity index (χ3v) is 10.8. The van der Waals surface area contributed by atoms with E-state index in [9.17, 15) is 13.2 Å². The Balaban J connectivity index is 1.49. The SMILES string of the molecule is COC[C@@H](OC)[C@@H](C)[C@H]1CC[C@H]2[C@@H]3CC[C@@H]4C[C@@](OC)(C(F)(F)F)CC[C@@H]4[C@H]3CC[C@]12C. The Morgan fingerprint density at radius 2 is 1.62 bits per heavy atom. The first-order valence-corrected chi connectivity index (χ1v) is 12.8. The van der Waals surface area contributed by atoms with E-state index in [0.29, 0.717) is 54.0 Å². The minimum atomic E-state index is -4.27. The van der Waals surface area contributed by atoms with Crippen molar-refractivity contribution in [3.8, 4) is 0 Å². The molecule has 4 aliphatic carbocycles. The molecule has 3 nitrogen and oxygen atoms in total. The van der Waals surface area contributed by atoms with Crippen molar-refractivity contribution >= 4 is 0 Å². The van der Waals surface area contributed by atoms with E-state index in [0.717, 1.165) is 12.8 Å². The molecular formula is C26H43F3O3. The van der Waals surface area contributed by atoms with Crippen LogP contribution in [0, 0.1) is 46.8 Å². The molecular weight excluding hydrogens is 417 g/mol. The molecule has 0 spiro atoms. The second-order valence-electron chi connectivity index (χ2n) is 11.7. The molecule has 4 rings (SSSR count). The Hall–Kier alpha value is -0.330. The molecule has 4 fully saturated rings. The second-order valence-corrected chi connectivity index (χ2v) is 11.7. The van der Waals surface area contributed by atoms with Gasteiger partial charge in [0.2, 0.25) is 0 Å². The number of hydrogen-bond donors (Lipinski definition) is 0. The summed E-state index contributed by atoms with van der Waals surface area (Å²) in [4.78, 5) is 0. The van der Waals surface area contributed by atoms with E-state index in [1.165, 1.54) is 32.8 Å². The molecule has 186 valence electrons. The molecule has 0 saturated heterocycles. The minimum Gasteiger partial charge on any atom is -0.382 e. The largest absolute Gasteiger partial charge is 0.417 e. The van der Waals surface area contributed by atoms with Crippen LogP contribution in [0.2, 0.25) is 0 Å². The molecule has 0 aromatic rings. The monoisotopic (exact) mass is 460 g/mol. The maximum atomic E-state index is 13.8. The standard InChI is InChI=1S/C26H43F3O3/c1-16(23(31-4)15-30-3)21-8-9-22-20-7-6-17-14-25(32-5,26(27,28)29)13-11-18(17)19(20)10-12-24(21,22)2/h16-23H,6-15H2,1-5H3/t16-,17+,18-,19+,20+,21+,22-,23+,24+,25+/m0/s1. The van der Waals surface area contributed by atoms with E-state index in [4.69, 9.17) is 14.2 Å². The van der Waals surface area contributed by atoms with Crippen molar-refractivity contribution in [2.45, 2.75) is 89.5 Å². The lowest BCUT2D eigenvalue weighted by Crippen LogP contribution is -2.56. The highest BCUT2D eigenvalue weighted by molar-refractivity contribution is 5.09. The maximum Gasteiger partial charge on any atom is 0.417 e. The van der Waals surface area contributed by atoms with Crippen molar-refractivity contribution < 1.29 is 27.4 Å². The average Bonchev–Trinajstić information content (AvgIpc) is 3.12. The third-order valence-electron chi connectivity index (χ3n) is 10.8. The van der Waals surface area contributed by atoms with E-state index in [1.807, 2.05) is 0 Å². The zero-order valence-corrected chi connectivity index (χ0v) is 20.5. The Kier molecular flexibility index (Phi) is 7.00. The van der Waals surface area contributed by atoms with Crippen LogP contribution in [0.25, 0.3) is 0 Å². The van der Waals surface area contributed by atoms with Gasteiger partial charge in [-0.3, -0.25) is 0 Å². The highest BCUT2D eigenvalue weighted by Crippen LogP contribution is 2.66. The van der Waals surface area contributed by atoms with Gasteiger partial charge in [0.25, 0.3) is 0 Å². The number of ether oxygens (including phenoxy) is 3. The molecule has 0 aromatic carbocycles. The lowest BCUT2D eigenvalue weighted by atomic mass is 9.48. The topological polar surface area (TPSA) is 27.7 Å². The Labute approximate surface area is 192 Å². The molecule has 4 saturated carbocycles. The van der Waals surface area contributed by atoms with Crippen molar-refractivity contribution in [1.82, 2.24) is 0 Å². The van der Waals surface area contributed by atoms with Gasteiger partial charge in [-0.15, -0.1) is 0 Å². The molecule has 0 amide bonds. The fraction of sp³-hybridized carbons (Fsp3) is 1.00. The molecule has 0 aromatic heterocycles. The van der Waals surface area contributed by atoms with Gasteiger partial charge < -0.3 is 14.2 Å². The number of fused-ring (bicyclic) bond motifs is 5. The van der Waals surface area contributed by atoms with Crippen molar-refractivity contribution in [2.24, 2.45) is 46.8 Å². The molecule has 4 aliphatic rings. The lowest BCUT2D eigenvalue weighted by molar-refractivity contribution is -0.291. The van der Waals surface area contributed by atoms with Crippen LogP contribution in [-0.4, -0.2) is 45.8 Å². The van der Waals surface area contributed by atoms with Gasteiger partial charge in [0.05, 0.1) is 12.7 Å². The molecule has 32 heavy (non-hydrogen) atoms. The highest BCUT2D eigenvalue weighted by atomic mass is 19.4. The van der Waals surface area contributed by atoms with E-state index in [1.54, 1.807) is 14.2 Å². The smallest absolute Gasteiger partial charge is 0.382 e. The number of halogens is 3. The second kappa shape index (κ2) is 9.03. The molecule has 0 bridgehead atoms. The summed E-state index contributed by atoms with van der Waals surface area (Å²) >= 11 is 0. The number of rotatable bonds is 6. The van der Waals surface area contributed by atoms with Crippen molar-refractivity contribution in [3.63, 3.8) is 0 Å². The van der Waals surface area contributed by atoms with Crippen LogP contribution in [0.3, 0.4) is 0 Å². The van der Waals surface area contributed by atoms with E-state index in [-0.39, 0.29) is 24.9 Å². The third kappa shape index (κ3) is 3.84. The van der Waals surface area contributed by atoms with Crippen LogP contribution >= 0.6 is 0 Å². The first-order chi connectivity index (χ1) is 15.1.